The summed E-state index contributed by atoms with van der Waals surface area (Å²) >= 11 is 0. The van der Waals surface area contributed by atoms with Crippen molar-refractivity contribution in [1.82, 2.24) is 10.2 Å². The van der Waals surface area contributed by atoms with Gasteiger partial charge in [0.15, 0.2) is 11.9 Å². The number of aliphatic hydroxyl groups is 3. The van der Waals surface area contributed by atoms with Gasteiger partial charge in [0.05, 0.1) is 48.5 Å². The maximum Gasteiger partial charge on any atom is 0.339 e. The number of aliphatic hydroxyl groups excluding tert-OH is 3. The lowest BCUT2D eigenvalue weighted by molar-refractivity contribution is -0.301. The maximum absolute atomic E-state index is 17.0. The Morgan fingerprint density at radius 3 is 2.57 bits per heavy atom. The smallest absolute Gasteiger partial charge is 0.339 e. The molecule has 1 aromatic heterocycles. The summed E-state index contributed by atoms with van der Waals surface area (Å²) in [7, 11) is 0. The number of ketones is 1. The molecule has 13 nitrogen and oxygen atoms in total. The number of benzene rings is 1. The Morgan fingerprint density at radius 1 is 0.867 bits per heavy atom. The largest absolute Gasteiger partial charge is 0.469 e. The highest BCUT2D eigenvalue weighted by molar-refractivity contribution is 5.94. The van der Waals surface area contributed by atoms with Crippen LogP contribution in [0, 0.1) is 97.6 Å². The van der Waals surface area contributed by atoms with Gasteiger partial charge in [0.2, 0.25) is 0 Å². The average molecular weight is 1130 g/mol. The zero-order valence-corrected chi connectivity index (χ0v) is 49.0. The first kappa shape index (κ1) is 52.3. The van der Waals surface area contributed by atoms with E-state index in [1.807, 2.05) is 6.07 Å². The van der Waals surface area contributed by atoms with Gasteiger partial charge in [-0.2, -0.15) is 0 Å². The van der Waals surface area contributed by atoms with Crippen LogP contribution in [0.4, 0.5) is 0 Å². The molecular formula is C70H88N2O11. The van der Waals surface area contributed by atoms with Gasteiger partial charge in [-0.25, -0.2) is 4.79 Å². The van der Waals surface area contributed by atoms with Gasteiger partial charge in [0, 0.05) is 35.4 Å². The summed E-state index contributed by atoms with van der Waals surface area (Å²) in [5.74, 6) is -1.07. The van der Waals surface area contributed by atoms with E-state index in [1.54, 1.807) is 6.26 Å². The fourth-order valence-corrected chi connectivity index (χ4v) is 27.2. The molecule has 2 aromatic rings. The van der Waals surface area contributed by atoms with Crippen LogP contribution in [0.2, 0.25) is 0 Å². The number of nitrogens with zero attached hydrogens (tertiary/aromatic N) is 1. The Kier molecular flexibility index (Phi) is 10.9. The number of hydrogen-bond donors (Lipinski definition) is 4. The number of fused-ring (bicyclic) bond motifs is 5. The number of allylic oxidation sites excluding steroid dienone is 1. The number of Topliss-reactive ketones (excluding diaryl/α,β-unsaturated/α-hetero) is 1. The molecule has 444 valence electrons. The molecule has 5 bridgehead atoms. The monoisotopic (exact) mass is 1130 g/mol. The average Bonchev–Trinajstić information content (AvgIpc) is 1.47. The zero-order chi connectivity index (χ0) is 56.1. The first-order valence-electron chi connectivity index (χ1n) is 33.4. The number of esters is 2. The first-order chi connectivity index (χ1) is 40.2. The van der Waals surface area contributed by atoms with Crippen LogP contribution in [-0.4, -0.2) is 106 Å². The number of epoxide rings is 1. The first-order valence-corrected chi connectivity index (χ1v) is 33.4. The fourth-order valence-electron chi connectivity index (χ4n) is 27.2. The van der Waals surface area contributed by atoms with Gasteiger partial charge in [-0.15, -0.1) is 0 Å². The second kappa shape index (κ2) is 17.3. The Morgan fingerprint density at radius 2 is 1.72 bits per heavy atom. The van der Waals surface area contributed by atoms with Gasteiger partial charge in [0.25, 0.3) is 0 Å². The predicted molar refractivity (Wildman–Crippen MR) is 303 cm³/mol. The van der Waals surface area contributed by atoms with Gasteiger partial charge >= 0.3 is 11.9 Å². The number of furan rings is 1. The third-order valence-corrected chi connectivity index (χ3v) is 29.4. The number of ether oxygens (including phenoxy) is 4. The second-order valence-corrected chi connectivity index (χ2v) is 31.9. The summed E-state index contributed by atoms with van der Waals surface area (Å²) in [6.45, 7) is 5.96. The van der Waals surface area contributed by atoms with Crippen LogP contribution in [0.1, 0.15) is 165 Å². The SMILES string of the molecule is CC12CC=C3CC4CCC5(CCC6(CCCC6)C5)C45CC4CC6(C)C(c7ccoc7CC(C(O)CO)C7CCC8C(C=CN9CNCC89)C7)OC(=O)C7OC76C6(C7CCCC(Cc8ccccc8)C7)C(O)C(=O)C1C1(COC(=O)C5C31O2)C46. The minimum absolute atomic E-state index is 0.0549. The summed E-state index contributed by atoms with van der Waals surface area (Å²) in [5.41, 5.74) is -3.86. The standard InChI is InChI=1S/C70H88N2O11/c1-62-32-43-33-66-44(16-22-65(66)24-23-64(36-65)19-6-7-20-64)30-46-15-21-63(2)55-53(75)57(76)68(45-12-8-11-40(28-45)27-39-9-4-3-5-10-39,54(43)67(55)37-80-60(77)56(66)69(46,67)83-63)70(62)59(82-70)61(78)81-58(62)48-18-26-79-52(48)31-49(51(74)35-73)41-13-14-47-42(29-41)17-25-72-38-71-34-50(47)72/h3-5,9-10,15,17-18,25-26,40-45,47,49-51,54-59,71,73-74,76H,6-8,11-14,16,19-24,27-38H2,1-2H3. The minimum atomic E-state index is -1.49. The molecule has 24 atom stereocenters. The third-order valence-electron chi connectivity index (χ3n) is 29.4. The highest BCUT2D eigenvalue weighted by Gasteiger charge is 2.99. The van der Waals surface area contributed by atoms with Crippen molar-refractivity contribution in [1.29, 1.82) is 0 Å². The fraction of sp³-hybridized carbons (Fsp3) is 0.757. The maximum atomic E-state index is 17.0. The minimum Gasteiger partial charge on any atom is -0.469 e. The van der Waals surface area contributed by atoms with Gasteiger partial charge in [-0.1, -0.05) is 75.1 Å². The van der Waals surface area contributed by atoms with Crippen molar-refractivity contribution in [2.45, 2.75) is 202 Å². The van der Waals surface area contributed by atoms with Crippen molar-refractivity contribution < 1.29 is 53.1 Å². The molecule has 0 radical (unpaired) electrons. The Hall–Kier alpha value is -3.85. The van der Waals surface area contributed by atoms with E-state index in [2.05, 4.69) is 72.7 Å². The highest BCUT2D eigenvalue weighted by atomic mass is 16.7. The van der Waals surface area contributed by atoms with E-state index in [1.165, 1.54) is 43.2 Å². The molecule has 7 aliphatic heterocycles. The van der Waals surface area contributed by atoms with Crippen LogP contribution in [-0.2, 0) is 46.2 Å². The van der Waals surface area contributed by atoms with Crippen molar-refractivity contribution in [3.8, 4) is 0 Å². The molecular weight excluding hydrogens is 1040 g/mol. The quantitative estimate of drug-likeness (QED) is 0.106. The molecule has 9 aliphatic carbocycles. The zero-order valence-electron chi connectivity index (χ0n) is 49.0. The van der Waals surface area contributed by atoms with Crippen LogP contribution in [0.3, 0.4) is 0 Å². The van der Waals surface area contributed by atoms with Crippen LogP contribution in [0.15, 0.2) is 71.0 Å². The van der Waals surface area contributed by atoms with E-state index in [4.69, 9.17) is 23.4 Å². The number of hydrogen-bond acceptors (Lipinski definition) is 13. The number of rotatable bonds is 9. The molecule has 1 aromatic carbocycles. The number of cyclic esters (lactones) is 2. The Balaban J connectivity index is 0.833. The molecule has 9 saturated carbocycles. The van der Waals surface area contributed by atoms with Gasteiger partial charge < -0.3 is 43.6 Å². The molecule has 16 aliphatic rings. The van der Waals surface area contributed by atoms with E-state index in [-0.39, 0.29) is 71.3 Å². The molecule has 6 spiro atoms. The molecule has 13 heteroatoms. The molecule has 83 heavy (non-hydrogen) atoms. The third kappa shape index (κ3) is 6.07. The number of carbonyl (C=O) groups is 3. The van der Waals surface area contributed by atoms with E-state index in [0.717, 1.165) is 109 Å². The van der Waals surface area contributed by atoms with Crippen molar-refractivity contribution in [2.75, 3.05) is 26.4 Å². The highest BCUT2D eigenvalue weighted by Crippen LogP contribution is 2.92. The molecule has 5 saturated heterocycles. The van der Waals surface area contributed by atoms with Crippen LogP contribution < -0.4 is 5.32 Å². The Labute approximate surface area is 488 Å². The van der Waals surface area contributed by atoms with Crippen LogP contribution in [0.5, 0.6) is 0 Å². The summed E-state index contributed by atoms with van der Waals surface area (Å²) in [6.07, 6.45) is 25.3. The van der Waals surface area contributed by atoms with Crippen LogP contribution >= 0.6 is 0 Å². The summed E-state index contributed by atoms with van der Waals surface area (Å²) in [4.78, 5) is 51.2. The normalized spacial score (nSPS) is 51.9. The van der Waals surface area contributed by atoms with Crippen LogP contribution in [0.25, 0.3) is 0 Å². The van der Waals surface area contributed by atoms with Crippen molar-refractivity contribution in [3.63, 3.8) is 0 Å². The predicted octanol–water partition coefficient (Wildman–Crippen LogP) is 9.51. The molecule has 18 rings (SSSR count). The van der Waals surface area contributed by atoms with Crippen molar-refractivity contribution in [2.24, 2.45) is 97.6 Å². The molecule has 24 unspecified atom stereocenters. The lowest BCUT2D eigenvalue weighted by Crippen LogP contribution is -2.82. The lowest BCUT2D eigenvalue weighted by atomic mass is 9.30. The molecule has 14 fully saturated rings. The summed E-state index contributed by atoms with van der Waals surface area (Å²) in [5, 5.41) is 41.0. The van der Waals surface area contributed by atoms with Crippen molar-refractivity contribution in [3.05, 3.63) is 83.5 Å². The Bertz CT molecular complexity index is 3130. The van der Waals surface area contributed by atoms with Crippen molar-refractivity contribution >= 4 is 17.7 Å². The number of nitrogens with one attached hydrogen (secondary N) is 1. The molecule has 0 amide bonds. The molecule has 4 N–H and O–H groups in total. The second-order valence-electron chi connectivity index (χ2n) is 31.9. The van der Waals surface area contributed by atoms with Gasteiger partial charge in [-0.05, 0) is 209 Å². The van der Waals surface area contributed by atoms with E-state index < -0.39 is 86.6 Å². The van der Waals surface area contributed by atoms with E-state index in [0.29, 0.717) is 42.9 Å². The topological polar surface area (TPSA) is 181 Å². The van der Waals surface area contributed by atoms with E-state index >= 15 is 14.4 Å². The summed E-state index contributed by atoms with van der Waals surface area (Å²) < 4.78 is 36.6. The lowest BCUT2D eigenvalue weighted by Gasteiger charge is -2.73. The molecule has 8 heterocycles. The number of carbonyl (C=O) groups excluding carboxylic acids is 3. The van der Waals surface area contributed by atoms with E-state index in [9.17, 15) is 15.3 Å². The van der Waals surface area contributed by atoms with Gasteiger partial charge in [0.1, 0.15) is 35.8 Å². The van der Waals surface area contributed by atoms with Gasteiger partial charge in [-0.3, -0.25) is 14.9 Å². The summed E-state index contributed by atoms with van der Waals surface area (Å²) in [6, 6.07) is 13.2.